The largest absolute Gasteiger partial charge is 0.351 e. The summed E-state index contributed by atoms with van der Waals surface area (Å²) in [6.45, 7) is 2.50. The molecule has 0 spiro atoms. The summed E-state index contributed by atoms with van der Waals surface area (Å²) in [5.74, 6) is -0.201. The number of aryl methyl sites for hydroxylation is 1. The average molecular weight is 270 g/mol. The highest BCUT2D eigenvalue weighted by atomic mass is 32.2. The minimum absolute atomic E-state index is 0.192. The molecule has 0 bridgehead atoms. The Labute approximate surface area is 108 Å². The Morgan fingerprint density at radius 1 is 1.17 bits per heavy atom. The second kappa shape index (κ2) is 6.51. The van der Waals surface area contributed by atoms with Gasteiger partial charge < -0.3 is 5.32 Å². The summed E-state index contributed by atoms with van der Waals surface area (Å²) in [6, 6.07) is 7.34. The van der Waals surface area contributed by atoms with E-state index in [0.29, 0.717) is 5.56 Å². The zero-order valence-electron chi connectivity index (χ0n) is 10.6. The summed E-state index contributed by atoms with van der Waals surface area (Å²) in [7, 11) is -3.20. The molecule has 0 aliphatic rings. The number of amides is 1. The number of hydrogen-bond acceptors (Lipinski definition) is 3. The Hall–Kier alpha value is -1.40. The molecule has 1 aromatic carbocycles. The van der Waals surface area contributed by atoms with Gasteiger partial charge in [0.25, 0.3) is 5.91 Å². The van der Waals surface area contributed by atoms with Gasteiger partial charge in [-0.25, -0.2) is 13.1 Å². The van der Waals surface area contributed by atoms with Crippen LogP contribution in [0.1, 0.15) is 22.8 Å². The SMILES string of the molecule is CCc1ccc(C(=O)NCCNS(C)(=O)=O)cc1. The van der Waals surface area contributed by atoms with Crippen LogP contribution in [0.2, 0.25) is 0 Å². The van der Waals surface area contributed by atoms with E-state index in [1.54, 1.807) is 12.1 Å². The number of nitrogens with one attached hydrogen (secondary N) is 2. The Kier molecular flexibility index (Phi) is 5.30. The molecule has 0 fully saturated rings. The van der Waals surface area contributed by atoms with Crippen LogP contribution < -0.4 is 10.0 Å². The van der Waals surface area contributed by atoms with E-state index in [9.17, 15) is 13.2 Å². The normalized spacial score (nSPS) is 11.2. The number of rotatable bonds is 6. The molecule has 100 valence electrons. The lowest BCUT2D eigenvalue weighted by Crippen LogP contribution is -2.34. The molecule has 6 heteroatoms. The molecule has 0 aliphatic carbocycles. The molecule has 0 unspecified atom stereocenters. The molecular formula is C12H18N2O3S. The van der Waals surface area contributed by atoms with Gasteiger partial charge in [0, 0.05) is 18.7 Å². The molecule has 1 amide bonds. The van der Waals surface area contributed by atoms with Crippen molar-refractivity contribution in [3.8, 4) is 0 Å². The van der Waals surface area contributed by atoms with E-state index in [1.165, 1.54) is 5.56 Å². The smallest absolute Gasteiger partial charge is 0.251 e. The van der Waals surface area contributed by atoms with Gasteiger partial charge in [0.15, 0.2) is 0 Å². The standard InChI is InChI=1S/C12H18N2O3S/c1-3-10-4-6-11(7-5-10)12(15)13-8-9-14-18(2,16)17/h4-7,14H,3,8-9H2,1-2H3,(H,13,15). The van der Waals surface area contributed by atoms with Crippen LogP contribution >= 0.6 is 0 Å². The van der Waals surface area contributed by atoms with Gasteiger partial charge in [-0.15, -0.1) is 0 Å². The van der Waals surface area contributed by atoms with Gasteiger partial charge in [-0.3, -0.25) is 4.79 Å². The predicted octanol–water partition coefficient (Wildman–Crippen LogP) is 0.528. The Balaban J connectivity index is 2.40. The zero-order chi connectivity index (χ0) is 13.6. The molecule has 0 aromatic heterocycles. The summed E-state index contributed by atoms with van der Waals surface area (Å²) in [6.07, 6.45) is 2.01. The molecule has 0 atom stereocenters. The van der Waals surface area contributed by atoms with Crippen molar-refractivity contribution in [2.75, 3.05) is 19.3 Å². The molecule has 0 saturated heterocycles. The number of carbonyl (C=O) groups excluding carboxylic acids is 1. The van der Waals surface area contributed by atoms with E-state index in [0.717, 1.165) is 12.7 Å². The van der Waals surface area contributed by atoms with Gasteiger partial charge in [-0.1, -0.05) is 19.1 Å². The van der Waals surface area contributed by atoms with E-state index < -0.39 is 10.0 Å². The van der Waals surface area contributed by atoms with E-state index in [-0.39, 0.29) is 19.0 Å². The van der Waals surface area contributed by atoms with E-state index in [2.05, 4.69) is 10.0 Å². The number of carbonyl (C=O) groups is 1. The summed E-state index contributed by atoms with van der Waals surface area (Å²) in [5, 5.41) is 2.64. The first-order valence-corrected chi connectivity index (χ1v) is 7.63. The van der Waals surface area contributed by atoms with Crippen LogP contribution in [0.15, 0.2) is 24.3 Å². The van der Waals surface area contributed by atoms with Crippen LogP contribution in [-0.2, 0) is 16.4 Å². The highest BCUT2D eigenvalue weighted by molar-refractivity contribution is 7.88. The fraction of sp³-hybridized carbons (Fsp3) is 0.417. The molecule has 0 radical (unpaired) electrons. The molecule has 0 aliphatic heterocycles. The van der Waals surface area contributed by atoms with Crippen LogP contribution in [-0.4, -0.2) is 33.7 Å². The van der Waals surface area contributed by atoms with E-state index >= 15 is 0 Å². The van der Waals surface area contributed by atoms with Crippen molar-refractivity contribution < 1.29 is 13.2 Å². The maximum absolute atomic E-state index is 11.7. The van der Waals surface area contributed by atoms with Crippen molar-refractivity contribution in [3.05, 3.63) is 35.4 Å². The number of sulfonamides is 1. The lowest BCUT2D eigenvalue weighted by Gasteiger charge is -2.06. The fourth-order valence-electron chi connectivity index (χ4n) is 1.41. The van der Waals surface area contributed by atoms with Crippen LogP contribution in [0.3, 0.4) is 0 Å². The molecule has 5 nitrogen and oxygen atoms in total. The molecule has 0 heterocycles. The third-order valence-electron chi connectivity index (χ3n) is 2.40. The first kappa shape index (κ1) is 14.7. The van der Waals surface area contributed by atoms with Crippen LogP contribution in [0, 0.1) is 0 Å². The number of hydrogen-bond donors (Lipinski definition) is 2. The van der Waals surface area contributed by atoms with Gasteiger partial charge in [0.2, 0.25) is 10.0 Å². The third kappa shape index (κ3) is 5.29. The highest BCUT2D eigenvalue weighted by Crippen LogP contribution is 2.04. The van der Waals surface area contributed by atoms with Gasteiger partial charge >= 0.3 is 0 Å². The van der Waals surface area contributed by atoms with Crippen molar-refractivity contribution in [1.29, 1.82) is 0 Å². The first-order chi connectivity index (χ1) is 8.42. The van der Waals surface area contributed by atoms with Crippen LogP contribution in [0.4, 0.5) is 0 Å². The second-order valence-electron chi connectivity index (χ2n) is 3.97. The molecule has 2 N–H and O–H groups in total. The maximum Gasteiger partial charge on any atom is 0.251 e. The lowest BCUT2D eigenvalue weighted by atomic mass is 10.1. The second-order valence-corrected chi connectivity index (χ2v) is 5.81. The fourth-order valence-corrected chi connectivity index (χ4v) is 1.88. The molecular weight excluding hydrogens is 252 g/mol. The quantitative estimate of drug-likeness (QED) is 0.740. The average Bonchev–Trinajstić information content (AvgIpc) is 2.33. The lowest BCUT2D eigenvalue weighted by molar-refractivity contribution is 0.0954. The monoisotopic (exact) mass is 270 g/mol. The maximum atomic E-state index is 11.7. The van der Waals surface area contributed by atoms with Crippen molar-refractivity contribution >= 4 is 15.9 Å². The Morgan fingerprint density at radius 3 is 2.28 bits per heavy atom. The number of benzene rings is 1. The topological polar surface area (TPSA) is 75.3 Å². The van der Waals surface area contributed by atoms with Crippen LogP contribution in [0.5, 0.6) is 0 Å². The Morgan fingerprint density at radius 2 is 1.78 bits per heavy atom. The predicted molar refractivity (Wildman–Crippen MR) is 71.0 cm³/mol. The molecule has 18 heavy (non-hydrogen) atoms. The van der Waals surface area contributed by atoms with Crippen molar-refractivity contribution in [2.24, 2.45) is 0 Å². The summed E-state index contributed by atoms with van der Waals surface area (Å²) in [5.41, 5.74) is 1.75. The summed E-state index contributed by atoms with van der Waals surface area (Å²) in [4.78, 5) is 11.7. The summed E-state index contributed by atoms with van der Waals surface area (Å²) < 4.78 is 23.9. The molecule has 1 aromatic rings. The van der Waals surface area contributed by atoms with Crippen molar-refractivity contribution in [2.45, 2.75) is 13.3 Å². The van der Waals surface area contributed by atoms with Crippen molar-refractivity contribution in [3.63, 3.8) is 0 Å². The van der Waals surface area contributed by atoms with E-state index in [1.807, 2.05) is 19.1 Å². The molecule has 0 saturated carbocycles. The van der Waals surface area contributed by atoms with E-state index in [4.69, 9.17) is 0 Å². The highest BCUT2D eigenvalue weighted by Gasteiger charge is 2.05. The van der Waals surface area contributed by atoms with Gasteiger partial charge in [0.05, 0.1) is 6.26 Å². The van der Waals surface area contributed by atoms with Gasteiger partial charge in [-0.2, -0.15) is 0 Å². The van der Waals surface area contributed by atoms with Crippen molar-refractivity contribution in [1.82, 2.24) is 10.0 Å². The Bertz CT molecular complexity index is 495. The van der Waals surface area contributed by atoms with Crippen LogP contribution in [0.25, 0.3) is 0 Å². The molecule has 1 rings (SSSR count). The third-order valence-corrected chi connectivity index (χ3v) is 3.13. The first-order valence-electron chi connectivity index (χ1n) is 5.74. The minimum Gasteiger partial charge on any atom is -0.351 e. The van der Waals surface area contributed by atoms with Gasteiger partial charge in [0.1, 0.15) is 0 Å². The summed E-state index contributed by atoms with van der Waals surface area (Å²) >= 11 is 0. The minimum atomic E-state index is -3.20. The van der Waals surface area contributed by atoms with Gasteiger partial charge in [-0.05, 0) is 24.1 Å². The zero-order valence-corrected chi connectivity index (χ0v) is 11.4.